The summed E-state index contributed by atoms with van der Waals surface area (Å²) in [6.07, 6.45) is 1.72. The van der Waals surface area contributed by atoms with E-state index in [0.717, 1.165) is 12.8 Å². The van der Waals surface area contributed by atoms with E-state index in [1.54, 1.807) is 6.92 Å². The number of carbonyl (C=O) groups is 1. The highest BCUT2D eigenvalue weighted by atomic mass is 79.9. The predicted octanol–water partition coefficient (Wildman–Crippen LogP) is 4.14. The number of carbonyl (C=O) groups excluding carboxylic acids is 1. The van der Waals surface area contributed by atoms with Crippen LogP contribution in [0.1, 0.15) is 47.5 Å². The minimum absolute atomic E-state index is 0.0844. The molecule has 0 aromatic heterocycles. The highest BCUT2D eigenvalue weighted by Gasteiger charge is 2.27. The van der Waals surface area contributed by atoms with E-state index >= 15 is 0 Å². The molecule has 0 bridgehead atoms. The van der Waals surface area contributed by atoms with Crippen LogP contribution in [-0.2, 0) is 9.53 Å². The summed E-state index contributed by atoms with van der Waals surface area (Å²) in [4.78, 5) is 10.8. The summed E-state index contributed by atoms with van der Waals surface area (Å²) in [5, 5.41) is 0. The van der Waals surface area contributed by atoms with Gasteiger partial charge in [0.05, 0.1) is 6.61 Å². The van der Waals surface area contributed by atoms with Gasteiger partial charge in [0.2, 0.25) is 0 Å². The fourth-order valence-corrected chi connectivity index (χ4v) is 2.26. The van der Waals surface area contributed by atoms with Crippen LogP contribution in [-0.4, -0.2) is 22.3 Å². The van der Waals surface area contributed by atoms with E-state index in [9.17, 15) is 4.79 Å². The largest absolute Gasteiger partial charge is 0.465 e. The van der Waals surface area contributed by atoms with Gasteiger partial charge in [-0.3, -0.25) is 4.79 Å². The number of hydrogen-bond donors (Lipinski definition) is 0. The monoisotopic (exact) mass is 312 g/mol. The Hall–Kier alpha value is 0.240. The summed E-state index contributed by atoms with van der Waals surface area (Å²) in [5.74, 6) is -0.207. The Morgan fingerprint density at radius 1 is 1.38 bits per heavy atom. The van der Waals surface area contributed by atoms with Crippen molar-refractivity contribution in [2.45, 2.75) is 57.2 Å². The van der Waals surface area contributed by atoms with Crippen molar-refractivity contribution in [2.24, 2.45) is 5.41 Å². The van der Waals surface area contributed by atoms with Crippen LogP contribution < -0.4 is 0 Å². The van der Waals surface area contributed by atoms with Crippen molar-refractivity contribution in [1.82, 2.24) is 0 Å². The number of rotatable bonds is 6. The van der Waals surface area contributed by atoms with E-state index in [1.165, 1.54) is 0 Å². The number of alkyl halides is 2. The molecule has 4 heteroatoms. The Morgan fingerprint density at radius 3 is 2.25 bits per heavy atom. The van der Waals surface area contributed by atoms with Gasteiger partial charge >= 0.3 is 5.97 Å². The van der Waals surface area contributed by atoms with E-state index < -0.39 is 0 Å². The molecule has 0 amide bonds. The Labute approximate surface area is 112 Å². The van der Waals surface area contributed by atoms with Gasteiger partial charge < -0.3 is 4.74 Å². The first-order valence-corrected chi connectivity index (χ1v) is 6.82. The smallest absolute Gasteiger partial charge is 0.319 e. The number of esters is 1. The molecule has 1 unspecified atom stereocenters. The average Bonchev–Trinajstić information content (AvgIpc) is 1.98. The molecule has 0 radical (unpaired) electrons. The molecule has 0 aliphatic carbocycles. The minimum atomic E-state index is -0.236. The zero-order chi connectivity index (χ0) is 13.0. The lowest BCUT2D eigenvalue weighted by Crippen LogP contribution is -2.26. The molecule has 0 fully saturated rings. The Morgan fingerprint density at radius 2 is 1.88 bits per heavy atom. The standard InChI is InChI=1S/C12H22BrClO2/c1-9(13)10(15)16-7-6-11(2,3)8-12(4,5)14/h9H,6-8H2,1-5H3. The SMILES string of the molecule is CC(Br)C(=O)OCCC(C)(C)CC(C)(C)Cl. The molecule has 0 aliphatic heterocycles. The molecule has 1 atom stereocenters. The predicted molar refractivity (Wildman–Crippen MR) is 72.3 cm³/mol. The van der Waals surface area contributed by atoms with Crippen molar-refractivity contribution >= 4 is 33.5 Å². The second kappa shape index (κ2) is 6.25. The lowest BCUT2D eigenvalue weighted by molar-refractivity contribution is -0.143. The molecule has 0 saturated carbocycles. The zero-order valence-corrected chi connectivity index (χ0v) is 13.1. The molecule has 0 saturated heterocycles. The van der Waals surface area contributed by atoms with Crippen LogP contribution in [0.25, 0.3) is 0 Å². The van der Waals surface area contributed by atoms with Gasteiger partial charge in [0.15, 0.2) is 0 Å². The number of ether oxygens (including phenoxy) is 1. The number of hydrogen-bond acceptors (Lipinski definition) is 2. The molecular weight excluding hydrogens is 291 g/mol. The lowest BCUT2D eigenvalue weighted by atomic mass is 9.81. The molecule has 0 aliphatic rings. The molecule has 0 spiro atoms. The molecule has 0 aromatic carbocycles. The van der Waals surface area contributed by atoms with Crippen LogP contribution in [0.3, 0.4) is 0 Å². The molecule has 0 aromatic rings. The average molecular weight is 314 g/mol. The fraction of sp³-hybridized carbons (Fsp3) is 0.917. The maximum absolute atomic E-state index is 11.2. The van der Waals surface area contributed by atoms with Crippen molar-refractivity contribution in [1.29, 1.82) is 0 Å². The van der Waals surface area contributed by atoms with E-state index in [-0.39, 0.29) is 21.1 Å². The summed E-state index contributed by atoms with van der Waals surface area (Å²) in [7, 11) is 0. The highest BCUT2D eigenvalue weighted by Crippen LogP contribution is 2.34. The van der Waals surface area contributed by atoms with E-state index in [0.29, 0.717) is 6.61 Å². The summed E-state index contributed by atoms with van der Waals surface area (Å²) in [5.41, 5.74) is 0.0844. The first-order chi connectivity index (χ1) is 7.03. The van der Waals surface area contributed by atoms with Gasteiger partial charge in [0.1, 0.15) is 4.83 Å². The number of halogens is 2. The fourth-order valence-electron chi connectivity index (χ4n) is 1.77. The summed E-state index contributed by atoms with van der Waals surface area (Å²) in [6, 6.07) is 0. The van der Waals surface area contributed by atoms with Crippen LogP contribution in [0.4, 0.5) is 0 Å². The first kappa shape index (κ1) is 16.2. The lowest BCUT2D eigenvalue weighted by Gasteiger charge is -2.30. The van der Waals surface area contributed by atoms with Crippen molar-refractivity contribution in [3.63, 3.8) is 0 Å². The van der Waals surface area contributed by atoms with Gasteiger partial charge in [-0.05, 0) is 39.0 Å². The molecule has 0 rings (SSSR count). The van der Waals surface area contributed by atoms with E-state index in [2.05, 4.69) is 29.8 Å². The first-order valence-electron chi connectivity index (χ1n) is 5.53. The van der Waals surface area contributed by atoms with E-state index in [4.69, 9.17) is 16.3 Å². The molecule has 16 heavy (non-hydrogen) atoms. The topological polar surface area (TPSA) is 26.3 Å². The third-order valence-electron chi connectivity index (χ3n) is 2.25. The summed E-state index contributed by atoms with van der Waals surface area (Å²) in [6.45, 7) is 10.5. The second-order valence-electron chi connectivity index (χ2n) is 5.59. The zero-order valence-electron chi connectivity index (χ0n) is 10.8. The molecular formula is C12H22BrClO2. The normalized spacial score (nSPS) is 14.7. The van der Waals surface area contributed by atoms with Gasteiger partial charge in [0, 0.05) is 4.87 Å². The van der Waals surface area contributed by atoms with Crippen molar-refractivity contribution in [2.75, 3.05) is 6.61 Å². The van der Waals surface area contributed by atoms with Gasteiger partial charge in [-0.1, -0.05) is 29.8 Å². The minimum Gasteiger partial charge on any atom is -0.465 e. The Bertz CT molecular complexity index is 232. The van der Waals surface area contributed by atoms with Crippen molar-refractivity contribution < 1.29 is 9.53 Å². The Balaban J connectivity index is 3.96. The molecule has 0 N–H and O–H groups in total. The molecule has 0 heterocycles. The quantitative estimate of drug-likeness (QED) is 0.544. The summed E-state index contributed by atoms with van der Waals surface area (Å²) >= 11 is 9.37. The van der Waals surface area contributed by atoms with Crippen LogP contribution in [0.15, 0.2) is 0 Å². The maximum atomic E-state index is 11.2. The summed E-state index contributed by atoms with van der Waals surface area (Å²) < 4.78 is 5.12. The van der Waals surface area contributed by atoms with Gasteiger partial charge in [-0.15, -0.1) is 11.6 Å². The van der Waals surface area contributed by atoms with Crippen LogP contribution in [0.2, 0.25) is 0 Å². The van der Waals surface area contributed by atoms with Crippen molar-refractivity contribution in [3.8, 4) is 0 Å². The van der Waals surface area contributed by atoms with Gasteiger partial charge in [-0.25, -0.2) is 0 Å². The van der Waals surface area contributed by atoms with Crippen LogP contribution in [0, 0.1) is 5.41 Å². The van der Waals surface area contributed by atoms with E-state index in [1.807, 2.05) is 13.8 Å². The highest BCUT2D eigenvalue weighted by molar-refractivity contribution is 9.10. The van der Waals surface area contributed by atoms with Gasteiger partial charge in [-0.2, -0.15) is 0 Å². The molecule has 96 valence electrons. The Kier molecular flexibility index (Phi) is 6.34. The third-order valence-corrected chi connectivity index (χ3v) is 2.75. The third kappa shape index (κ3) is 8.40. The molecule has 2 nitrogen and oxygen atoms in total. The van der Waals surface area contributed by atoms with Crippen LogP contribution >= 0.6 is 27.5 Å². The second-order valence-corrected chi connectivity index (χ2v) is 7.99. The van der Waals surface area contributed by atoms with Gasteiger partial charge in [0.25, 0.3) is 0 Å². The maximum Gasteiger partial charge on any atom is 0.319 e. The van der Waals surface area contributed by atoms with Crippen LogP contribution in [0.5, 0.6) is 0 Å². The van der Waals surface area contributed by atoms with Crippen molar-refractivity contribution in [3.05, 3.63) is 0 Å².